The molecule has 1 unspecified atom stereocenters. The molecular formula is C10H13Cl2N2O2P. The van der Waals surface area contributed by atoms with Crippen LogP contribution >= 0.6 is 29.6 Å². The van der Waals surface area contributed by atoms with Crippen molar-refractivity contribution in [1.82, 2.24) is 4.67 Å². The monoisotopic (exact) mass is 294 g/mol. The fourth-order valence-corrected chi connectivity index (χ4v) is 3.72. The molecule has 2 rings (SSSR count). The summed E-state index contributed by atoms with van der Waals surface area (Å²) in [6, 6.07) is 6.94. The molecule has 0 saturated carbocycles. The Balaban J connectivity index is 2.05. The number of nitrogens with zero attached hydrogens (tertiary/aromatic N) is 1. The predicted octanol–water partition coefficient (Wildman–Crippen LogP) is 3.43. The second-order valence-corrected chi connectivity index (χ2v) is 7.29. The summed E-state index contributed by atoms with van der Waals surface area (Å²) >= 11 is 11.8. The van der Waals surface area contributed by atoms with Gasteiger partial charge in [0.1, 0.15) is 0 Å². The summed E-state index contributed by atoms with van der Waals surface area (Å²) in [6.07, 6.45) is 0. The summed E-state index contributed by atoms with van der Waals surface area (Å²) in [7, 11) is 0. The van der Waals surface area contributed by atoms with Crippen LogP contribution in [-0.4, -0.2) is 31.0 Å². The SMILES string of the molecule is O=P(Cl)(Nc1ccc(Cl)cc1)N1CCOCC1. The van der Waals surface area contributed by atoms with Crippen molar-refractivity contribution in [2.24, 2.45) is 0 Å². The molecule has 1 aromatic rings. The van der Waals surface area contributed by atoms with Crippen LogP contribution in [0, 0.1) is 0 Å². The third-order valence-electron chi connectivity index (χ3n) is 2.46. The number of halogens is 2. The molecule has 0 spiro atoms. The fraction of sp³-hybridized carbons (Fsp3) is 0.400. The minimum Gasteiger partial charge on any atom is -0.379 e. The number of rotatable bonds is 3. The summed E-state index contributed by atoms with van der Waals surface area (Å²) in [5, 5.41) is 3.48. The van der Waals surface area contributed by atoms with Gasteiger partial charge >= 0.3 is 6.80 Å². The van der Waals surface area contributed by atoms with Crippen LogP contribution in [0.15, 0.2) is 24.3 Å². The average Bonchev–Trinajstić information content (AvgIpc) is 2.33. The molecule has 1 heterocycles. The van der Waals surface area contributed by atoms with E-state index in [0.29, 0.717) is 37.0 Å². The number of nitrogens with one attached hydrogen (secondary N) is 1. The van der Waals surface area contributed by atoms with E-state index in [1.165, 1.54) is 0 Å². The number of hydrogen-bond donors (Lipinski definition) is 1. The molecule has 1 fully saturated rings. The number of hydrogen-bond acceptors (Lipinski definition) is 2. The van der Waals surface area contributed by atoms with Crippen molar-refractivity contribution in [2.45, 2.75) is 0 Å². The van der Waals surface area contributed by atoms with E-state index in [1.807, 2.05) is 0 Å². The molecule has 1 aliphatic rings. The van der Waals surface area contributed by atoms with E-state index in [2.05, 4.69) is 5.09 Å². The molecular weight excluding hydrogens is 282 g/mol. The molecule has 94 valence electrons. The maximum Gasteiger partial charge on any atom is 0.326 e. The molecule has 7 heteroatoms. The number of morpholine rings is 1. The zero-order chi connectivity index (χ0) is 12.3. The molecule has 4 nitrogen and oxygen atoms in total. The summed E-state index contributed by atoms with van der Waals surface area (Å²) in [6.45, 7) is -0.822. The van der Waals surface area contributed by atoms with E-state index in [0.717, 1.165) is 0 Å². The van der Waals surface area contributed by atoms with Crippen molar-refractivity contribution in [2.75, 3.05) is 31.4 Å². The Kier molecular flexibility index (Phi) is 4.34. The van der Waals surface area contributed by atoms with Gasteiger partial charge in [-0.2, -0.15) is 0 Å². The van der Waals surface area contributed by atoms with Gasteiger partial charge in [-0.1, -0.05) is 11.6 Å². The Bertz CT molecular complexity index is 421. The van der Waals surface area contributed by atoms with Crippen molar-refractivity contribution >= 4 is 35.3 Å². The molecule has 0 radical (unpaired) electrons. The molecule has 1 aromatic carbocycles. The van der Waals surface area contributed by atoms with Gasteiger partial charge in [0.15, 0.2) is 0 Å². The van der Waals surface area contributed by atoms with Crippen molar-refractivity contribution in [3.05, 3.63) is 29.3 Å². The zero-order valence-electron chi connectivity index (χ0n) is 9.10. The molecule has 1 atom stereocenters. The lowest BCUT2D eigenvalue weighted by atomic mass is 10.3. The van der Waals surface area contributed by atoms with Crippen molar-refractivity contribution in [1.29, 1.82) is 0 Å². The molecule has 1 aliphatic heterocycles. The smallest absolute Gasteiger partial charge is 0.326 e. The Morgan fingerprint density at radius 1 is 1.24 bits per heavy atom. The van der Waals surface area contributed by atoms with Crippen molar-refractivity contribution < 1.29 is 9.30 Å². The van der Waals surface area contributed by atoms with E-state index in [-0.39, 0.29) is 0 Å². The summed E-state index contributed by atoms with van der Waals surface area (Å²) in [5.74, 6) is 0. The second kappa shape index (κ2) is 5.59. The normalized spacial score (nSPS) is 20.8. The van der Waals surface area contributed by atoms with Crippen LogP contribution in [0.2, 0.25) is 5.02 Å². The van der Waals surface area contributed by atoms with Crippen LogP contribution in [0.3, 0.4) is 0 Å². The lowest BCUT2D eigenvalue weighted by molar-refractivity contribution is 0.0733. The van der Waals surface area contributed by atoms with Crippen molar-refractivity contribution in [3.63, 3.8) is 0 Å². The predicted molar refractivity (Wildman–Crippen MR) is 70.9 cm³/mol. The second-order valence-electron chi connectivity index (χ2n) is 3.69. The highest BCUT2D eigenvalue weighted by atomic mass is 35.7. The summed E-state index contributed by atoms with van der Waals surface area (Å²) in [4.78, 5) is 0. The fourth-order valence-electron chi connectivity index (χ4n) is 1.57. The lowest BCUT2D eigenvalue weighted by Crippen LogP contribution is -2.34. The van der Waals surface area contributed by atoms with Crippen LogP contribution in [0.25, 0.3) is 0 Å². The highest BCUT2D eigenvalue weighted by molar-refractivity contribution is 7.88. The first kappa shape index (κ1) is 13.2. The van der Waals surface area contributed by atoms with E-state index < -0.39 is 6.80 Å². The average molecular weight is 295 g/mol. The van der Waals surface area contributed by atoms with Crippen molar-refractivity contribution in [3.8, 4) is 0 Å². The first-order valence-corrected chi connectivity index (χ1v) is 8.19. The van der Waals surface area contributed by atoms with Crippen LogP contribution < -0.4 is 5.09 Å². The van der Waals surface area contributed by atoms with Gasteiger partial charge in [-0.05, 0) is 35.5 Å². The molecule has 1 N–H and O–H groups in total. The van der Waals surface area contributed by atoms with Gasteiger partial charge in [-0.15, -0.1) is 0 Å². The van der Waals surface area contributed by atoms with Gasteiger partial charge in [0.05, 0.1) is 13.2 Å². The van der Waals surface area contributed by atoms with Gasteiger partial charge < -0.3 is 9.82 Å². The van der Waals surface area contributed by atoms with E-state index in [4.69, 9.17) is 27.6 Å². The third-order valence-corrected chi connectivity index (χ3v) is 5.27. The quantitative estimate of drug-likeness (QED) is 0.867. The molecule has 0 aromatic heterocycles. The van der Waals surface area contributed by atoms with Gasteiger partial charge in [0.25, 0.3) is 0 Å². The van der Waals surface area contributed by atoms with Gasteiger partial charge in [0, 0.05) is 23.8 Å². The molecule has 0 aliphatic carbocycles. The number of anilines is 1. The van der Waals surface area contributed by atoms with E-state index in [1.54, 1.807) is 28.9 Å². The third kappa shape index (κ3) is 3.60. The minimum absolute atomic E-state index is 0.555. The highest BCUT2D eigenvalue weighted by Gasteiger charge is 2.29. The first-order chi connectivity index (χ1) is 8.08. The lowest BCUT2D eigenvalue weighted by Gasteiger charge is -2.30. The Hall–Kier alpha value is -0.250. The summed E-state index contributed by atoms with van der Waals surface area (Å²) < 4.78 is 19.2. The van der Waals surface area contributed by atoms with Crippen LogP contribution in [0.4, 0.5) is 5.69 Å². The molecule has 0 amide bonds. The zero-order valence-corrected chi connectivity index (χ0v) is 11.5. The van der Waals surface area contributed by atoms with Crippen LogP contribution in [0.1, 0.15) is 0 Å². The Labute approximate surface area is 110 Å². The topological polar surface area (TPSA) is 41.6 Å². The van der Waals surface area contributed by atoms with E-state index in [9.17, 15) is 4.57 Å². The minimum atomic E-state index is -3.07. The van der Waals surface area contributed by atoms with Crippen LogP contribution in [0.5, 0.6) is 0 Å². The first-order valence-electron chi connectivity index (χ1n) is 5.25. The summed E-state index contributed by atoms with van der Waals surface area (Å²) in [5.41, 5.74) is 0.694. The van der Waals surface area contributed by atoms with Gasteiger partial charge in [-0.25, -0.2) is 4.67 Å². The maximum atomic E-state index is 12.3. The molecule has 1 saturated heterocycles. The maximum absolute atomic E-state index is 12.3. The standard InChI is InChI=1S/C10H13Cl2N2O2P/c11-9-1-3-10(4-2-9)13-17(12,15)14-5-7-16-8-6-14/h1-4H,5-8H2,(H,13,15). The molecule has 0 bridgehead atoms. The van der Waals surface area contributed by atoms with Crippen LogP contribution in [-0.2, 0) is 9.30 Å². The number of benzene rings is 1. The van der Waals surface area contributed by atoms with E-state index >= 15 is 0 Å². The largest absolute Gasteiger partial charge is 0.379 e. The van der Waals surface area contributed by atoms with Gasteiger partial charge in [0.2, 0.25) is 0 Å². The van der Waals surface area contributed by atoms with Gasteiger partial charge in [-0.3, -0.25) is 4.57 Å². The number of ether oxygens (including phenoxy) is 1. The Morgan fingerprint density at radius 2 is 1.82 bits per heavy atom. The highest BCUT2D eigenvalue weighted by Crippen LogP contribution is 2.54. The molecule has 17 heavy (non-hydrogen) atoms. The Morgan fingerprint density at radius 3 is 2.41 bits per heavy atom.